The number of aryl methyl sites for hydroxylation is 1. The molecule has 0 aliphatic heterocycles. The minimum atomic E-state index is 0. The number of para-hydroxylation sites is 1. The first-order valence-corrected chi connectivity index (χ1v) is 13.7. The van der Waals surface area contributed by atoms with Crippen LogP contribution in [0.25, 0.3) is 10.9 Å². The summed E-state index contributed by atoms with van der Waals surface area (Å²) >= 11 is 0. The third-order valence-electron chi connectivity index (χ3n) is 7.08. The molecule has 2 heterocycles. The van der Waals surface area contributed by atoms with Gasteiger partial charge >= 0.3 is 0 Å². The van der Waals surface area contributed by atoms with E-state index in [0.29, 0.717) is 0 Å². The van der Waals surface area contributed by atoms with Gasteiger partial charge in [0.15, 0.2) is 0 Å². The molecule has 2 aromatic heterocycles. The highest BCUT2D eigenvalue weighted by Gasteiger charge is 2.17. The Labute approximate surface area is 218 Å². The van der Waals surface area contributed by atoms with Crippen molar-refractivity contribution in [2.45, 2.75) is 89.9 Å². The molecule has 0 bridgehead atoms. The molecule has 1 aliphatic carbocycles. The molecule has 0 spiro atoms. The monoisotopic (exact) mass is 494 g/mol. The van der Waals surface area contributed by atoms with Gasteiger partial charge in [0.25, 0.3) is 0 Å². The number of unbranched alkanes of at least 4 members (excludes halogenated alkanes) is 9. The fraction of sp³-hybridized carbons (Fsp3) is 0.533. The number of hydrogen-bond donors (Lipinski definition) is 2. The number of nitrogens with one attached hydrogen (secondary N) is 2. The van der Waals surface area contributed by atoms with Crippen LogP contribution in [-0.2, 0) is 12.8 Å². The lowest BCUT2D eigenvalue weighted by molar-refractivity contribution is 0.557. The van der Waals surface area contributed by atoms with E-state index in [1.165, 1.54) is 111 Å². The van der Waals surface area contributed by atoms with Crippen molar-refractivity contribution in [3.05, 3.63) is 60.0 Å². The Hall–Kier alpha value is -2.33. The number of aromatic nitrogens is 2. The zero-order valence-electron chi connectivity index (χ0n) is 21.2. The number of fused-ring (bicyclic) bond motifs is 2. The van der Waals surface area contributed by atoms with Gasteiger partial charge in [0, 0.05) is 47.9 Å². The third-order valence-corrected chi connectivity index (χ3v) is 7.08. The lowest BCUT2D eigenvalue weighted by Crippen LogP contribution is -2.12. The fourth-order valence-electron chi connectivity index (χ4n) is 5.15. The van der Waals surface area contributed by atoms with Crippen LogP contribution in [0.1, 0.15) is 88.3 Å². The first-order chi connectivity index (χ1) is 16.9. The van der Waals surface area contributed by atoms with Crippen LogP contribution in [0.15, 0.2) is 48.8 Å². The second kappa shape index (κ2) is 15.6. The lowest BCUT2D eigenvalue weighted by Gasteiger charge is -2.21. The predicted molar refractivity (Wildman–Crippen MR) is 153 cm³/mol. The quantitative estimate of drug-likeness (QED) is 0.208. The Morgan fingerprint density at radius 1 is 0.657 bits per heavy atom. The maximum Gasteiger partial charge on any atom is 0.0726 e. The SMILES string of the molecule is Cl.c1ccc2c(NCCCCCCCCCCCCNc3ccncc3)c3c(nc2c1)CCCC3. The van der Waals surface area contributed by atoms with E-state index in [1.807, 2.05) is 24.5 Å². The van der Waals surface area contributed by atoms with Crippen molar-refractivity contribution in [2.24, 2.45) is 0 Å². The predicted octanol–water partition coefficient (Wildman–Crippen LogP) is 8.36. The molecule has 1 aromatic carbocycles. The molecule has 5 heteroatoms. The highest BCUT2D eigenvalue weighted by Crippen LogP contribution is 2.33. The van der Waals surface area contributed by atoms with Gasteiger partial charge in [-0.2, -0.15) is 0 Å². The number of hydrogen-bond acceptors (Lipinski definition) is 4. The van der Waals surface area contributed by atoms with E-state index in [-0.39, 0.29) is 12.4 Å². The van der Waals surface area contributed by atoms with Crippen LogP contribution < -0.4 is 10.6 Å². The van der Waals surface area contributed by atoms with Crippen LogP contribution in [0.4, 0.5) is 11.4 Å². The number of nitrogens with zero attached hydrogens (tertiary/aromatic N) is 2. The highest BCUT2D eigenvalue weighted by atomic mass is 35.5. The minimum Gasteiger partial charge on any atom is -0.385 e. The average molecular weight is 495 g/mol. The summed E-state index contributed by atoms with van der Waals surface area (Å²) in [6.45, 7) is 2.14. The van der Waals surface area contributed by atoms with Crippen LogP contribution in [0.5, 0.6) is 0 Å². The summed E-state index contributed by atoms with van der Waals surface area (Å²) in [5.74, 6) is 0. The summed E-state index contributed by atoms with van der Waals surface area (Å²) in [6, 6.07) is 12.7. The molecular weight excluding hydrogens is 452 g/mol. The number of halogens is 1. The van der Waals surface area contributed by atoms with Gasteiger partial charge in [0.05, 0.1) is 5.52 Å². The van der Waals surface area contributed by atoms with Crippen molar-refractivity contribution >= 4 is 34.7 Å². The highest BCUT2D eigenvalue weighted by molar-refractivity contribution is 5.93. The molecule has 4 rings (SSSR count). The molecule has 4 nitrogen and oxygen atoms in total. The van der Waals surface area contributed by atoms with Crippen molar-refractivity contribution < 1.29 is 0 Å². The minimum absolute atomic E-state index is 0. The van der Waals surface area contributed by atoms with Gasteiger partial charge in [-0.15, -0.1) is 12.4 Å². The molecular formula is C30H43ClN4. The molecule has 3 aromatic rings. The second-order valence-electron chi connectivity index (χ2n) is 9.76. The van der Waals surface area contributed by atoms with E-state index >= 15 is 0 Å². The van der Waals surface area contributed by atoms with Crippen molar-refractivity contribution in [1.82, 2.24) is 9.97 Å². The lowest BCUT2D eigenvalue weighted by atomic mass is 9.92. The molecule has 0 saturated heterocycles. The first kappa shape index (κ1) is 27.3. The van der Waals surface area contributed by atoms with E-state index in [4.69, 9.17) is 4.98 Å². The van der Waals surface area contributed by atoms with E-state index in [9.17, 15) is 0 Å². The van der Waals surface area contributed by atoms with Crippen LogP contribution in [0.2, 0.25) is 0 Å². The van der Waals surface area contributed by atoms with Crippen LogP contribution in [0, 0.1) is 0 Å². The van der Waals surface area contributed by atoms with Crippen LogP contribution in [-0.4, -0.2) is 23.1 Å². The zero-order chi connectivity index (χ0) is 23.3. The Balaban J connectivity index is 0.00000342. The summed E-state index contributed by atoms with van der Waals surface area (Å²) in [5.41, 5.74) is 6.51. The summed E-state index contributed by atoms with van der Waals surface area (Å²) in [6.07, 6.45) is 22.0. The number of rotatable bonds is 15. The number of benzene rings is 1. The van der Waals surface area contributed by atoms with E-state index in [2.05, 4.69) is 39.9 Å². The standard InChI is InChI=1S/C30H42N4.ClH/c1(3-5-7-13-21-32-25-19-23-31-24-20-25)2-4-6-8-14-22-33-30-26-15-9-11-17-28(26)34-29-18-12-10-16-27(29)30;/h9,11,15,17,19-20,23-24H,1-8,10,12-14,16,18,21-22H2,(H,31,32)(H,33,34);1H. The molecule has 35 heavy (non-hydrogen) atoms. The molecule has 0 radical (unpaired) electrons. The summed E-state index contributed by atoms with van der Waals surface area (Å²) in [5, 5.41) is 8.58. The average Bonchev–Trinajstić information content (AvgIpc) is 2.89. The maximum atomic E-state index is 4.96. The van der Waals surface area contributed by atoms with E-state index in [1.54, 1.807) is 0 Å². The van der Waals surface area contributed by atoms with Gasteiger partial charge in [0.2, 0.25) is 0 Å². The Kier molecular flexibility index (Phi) is 12.2. The number of anilines is 2. The van der Waals surface area contributed by atoms with Gasteiger partial charge in [-0.05, 0) is 62.3 Å². The molecule has 0 saturated carbocycles. The summed E-state index contributed by atoms with van der Waals surface area (Å²) in [4.78, 5) is 9.01. The normalized spacial score (nSPS) is 12.7. The smallest absolute Gasteiger partial charge is 0.0726 e. The Bertz CT molecular complexity index is 992. The summed E-state index contributed by atoms with van der Waals surface area (Å²) in [7, 11) is 0. The molecule has 0 unspecified atom stereocenters. The van der Waals surface area contributed by atoms with Gasteiger partial charge in [0.1, 0.15) is 0 Å². The van der Waals surface area contributed by atoms with Gasteiger partial charge in [-0.3, -0.25) is 9.97 Å². The molecule has 0 amide bonds. The van der Waals surface area contributed by atoms with E-state index < -0.39 is 0 Å². The Morgan fingerprint density at radius 3 is 1.97 bits per heavy atom. The van der Waals surface area contributed by atoms with Crippen LogP contribution in [0.3, 0.4) is 0 Å². The maximum absolute atomic E-state index is 4.96. The topological polar surface area (TPSA) is 49.8 Å². The summed E-state index contributed by atoms with van der Waals surface area (Å²) < 4.78 is 0. The van der Waals surface area contributed by atoms with Gasteiger partial charge in [-0.1, -0.05) is 69.6 Å². The first-order valence-electron chi connectivity index (χ1n) is 13.7. The fourth-order valence-corrected chi connectivity index (χ4v) is 5.15. The third kappa shape index (κ3) is 8.68. The van der Waals surface area contributed by atoms with Crippen molar-refractivity contribution in [3.63, 3.8) is 0 Å². The van der Waals surface area contributed by atoms with Crippen LogP contribution >= 0.6 is 12.4 Å². The largest absolute Gasteiger partial charge is 0.385 e. The van der Waals surface area contributed by atoms with Gasteiger partial charge in [-0.25, -0.2) is 0 Å². The van der Waals surface area contributed by atoms with Gasteiger partial charge < -0.3 is 10.6 Å². The molecule has 0 atom stereocenters. The number of pyridine rings is 2. The Morgan fingerprint density at radius 2 is 1.26 bits per heavy atom. The molecule has 1 aliphatic rings. The molecule has 0 fully saturated rings. The second-order valence-corrected chi connectivity index (χ2v) is 9.76. The van der Waals surface area contributed by atoms with Crippen molar-refractivity contribution in [2.75, 3.05) is 23.7 Å². The molecule has 2 N–H and O–H groups in total. The van der Waals surface area contributed by atoms with E-state index in [0.717, 1.165) is 25.0 Å². The molecule has 190 valence electrons. The zero-order valence-corrected chi connectivity index (χ0v) is 22.1. The van der Waals surface area contributed by atoms with Crippen molar-refractivity contribution in [3.8, 4) is 0 Å². The van der Waals surface area contributed by atoms with Crippen molar-refractivity contribution in [1.29, 1.82) is 0 Å².